The van der Waals surface area contributed by atoms with Gasteiger partial charge in [-0.2, -0.15) is 0 Å². The van der Waals surface area contributed by atoms with E-state index in [-0.39, 0.29) is 10.6 Å². The Kier molecular flexibility index (Phi) is 4.74. The van der Waals surface area contributed by atoms with Crippen LogP contribution in [0, 0.1) is 11.6 Å². The monoisotopic (exact) mass is 346 g/mol. The molecule has 1 amide bonds. The van der Waals surface area contributed by atoms with E-state index in [4.69, 9.17) is 11.6 Å². The molecule has 0 bridgehead atoms. The highest BCUT2D eigenvalue weighted by atomic mass is 35.5. The number of nitrogens with one attached hydrogen (secondary N) is 2. The van der Waals surface area contributed by atoms with E-state index < -0.39 is 32.5 Å². The van der Waals surface area contributed by atoms with Gasteiger partial charge in [-0.15, -0.1) is 4.83 Å². The minimum absolute atomic E-state index is 0.0925. The van der Waals surface area contributed by atoms with Gasteiger partial charge in [0.05, 0.1) is 0 Å². The summed E-state index contributed by atoms with van der Waals surface area (Å²) < 4.78 is 50.2. The maximum Gasteiger partial charge on any atom is 0.266 e. The van der Waals surface area contributed by atoms with Gasteiger partial charge >= 0.3 is 0 Å². The Morgan fingerprint density at radius 2 is 1.82 bits per heavy atom. The second kappa shape index (κ2) is 6.39. The van der Waals surface area contributed by atoms with Gasteiger partial charge in [-0.1, -0.05) is 17.7 Å². The predicted molar refractivity (Wildman–Crippen MR) is 75.6 cm³/mol. The van der Waals surface area contributed by atoms with Crippen LogP contribution in [0.2, 0.25) is 5.02 Å². The molecule has 0 atom stereocenters. The Balaban J connectivity index is 2.16. The third-order valence-electron chi connectivity index (χ3n) is 2.57. The molecule has 2 aromatic rings. The SMILES string of the molecule is O=C(NNS(=O)(=O)c1cc(F)ccc1F)c1cccc(Cl)c1. The molecule has 0 aliphatic rings. The zero-order valence-corrected chi connectivity index (χ0v) is 12.4. The Morgan fingerprint density at radius 3 is 2.50 bits per heavy atom. The quantitative estimate of drug-likeness (QED) is 0.834. The third kappa shape index (κ3) is 3.79. The summed E-state index contributed by atoms with van der Waals surface area (Å²) in [5.74, 6) is -2.88. The molecule has 0 radical (unpaired) electrons. The van der Waals surface area contributed by atoms with Gasteiger partial charge in [0, 0.05) is 10.6 Å². The van der Waals surface area contributed by atoms with Crippen molar-refractivity contribution in [1.82, 2.24) is 10.3 Å². The largest absolute Gasteiger partial charge is 0.273 e. The summed E-state index contributed by atoms with van der Waals surface area (Å²) in [6, 6.07) is 7.69. The second-order valence-electron chi connectivity index (χ2n) is 4.14. The summed E-state index contributed by atoms with van der Waals surface area (Å²) in [6.45, 7) is 0. The molecular weight excluding hydrogens is 338 g/mol. The van der Waals surface area contributed by atoms with E-state index >= 15 is 0 Å². The molecule has 0 saturated heterocycles. The van der Waals surface area contributed by atoms with E-state index in [0.717, 1.165) is 6.07 Å². The fourth-order valence-corrected chi connectivity index (χ4v) is 2.67. The summed E-state index contributed by atoms with van der Waals surface area (Å²) in [4.78, 5) is 12.5. The molecule has 2 N–H and O–H groups in total. The summed E-state index contributed by atoms with van der Waals surface area (Å²) in [6.07, 6.45) is 0. The van der Waals surface area contributed by atoms with Crippen molar-refractivity contribution >= 4 is 27.5 Å². The Labute approximate surface area is 129 Å². The first-order valence-corrected chi connectivity index (χ1v) is 7.68. The van der Waals surface area contributed by atoms with Crippen LogP contribution in [-0.4, -0.2) is 14.3 Å². The number of sulfonamides is 1. The van der Waals surface area contributed by atoms with Crippen LogP contribution in [0.3, 0.4) is 0 Å². The molecule has 0 aliphatic heterocycles. The molecule has 0 unspecified atom stereocenters. The van der Waals surface area contributed by atoms with Crippen molar-refractivity contribution in [3.63, 3.8) is 0 Å². The zero-order chi connectivity index (χ0) is 16.3. The maximum atomic E-state index is 13.4. The number of carbonyl (C=O) groups excluding carboxylic acids is 1. The lowest BCUT2D eigenvalue weighted by Gasteiger charge is -2.09. The average molecular weight is 347 g/mol. The van der Waals surface area contributed by atoms with Gasteiger partial charge in [0.2, 0.25) is 0 Å². The van der Waals surface area contributed by atoms with Crippen molar-refractivity contribution < 1.29 is 22.0 Å². The number of amides is 1. The number of hydrazine groups is 1. The lowest BCUT2D eigenvalue weighted by Crippen LogP contribution is -2.41. The molecule has 5 nitrogen and oxygen atoms in total. The van der Waals surface area contributed by atoms with Crippen LogP contribution in [0.1, 0.15) is 10.4 Å². The lowest BCUT2D eigenvalue weighted by molar-refractivity contribution is 0.0945. The van der Waals surface area contributed by atoms with Crippen LogP contribution in [-0.2, 0) is 10.0 Å². The number of hydrogen-bond donors (Lipinski definition) is 2. The first kappa shape index (κ1) is 16.3. The number of halogens is 3. The topological polar surface area (TPSA) is 75.3 Å². The van der Waals surface area contributed by atoms with Crippen LogP contribution in [0.15, 0.2) is 47.4 Å². The first-order valence-electron chi connectivity index (χ1n) is 5.82. The van der Waals surface area contributed by atoms with Gasteiger partial charge in [0.25, 0.3) is 15.9 Å². The summed E-state index contributed by atoms with van der Waals surface area (Å²) in [5, 5.41) is 0.284. The van der Waals surface area contributed by atoms with Crippen LogP contribution < -0.4 is 10.3 Å². The number of benzene rings is 2. The van der Waals surface area contributed by atoms with E-state index in [1.54, 1.807) is 4.83 Å². The summed E-state index contributed by atoms with van der Waals surface area (Å²) in [5.41, 5.74) is 1.98. The second-order valence-corrected chi connectivity index (χ2v) is 6.23. The van der Waals surface area contributed by atoms with E-state index in [9.17, 15) is 22.0 Å². The van der Waals surface area contributed by atoms with Crippen molar-refractivity contribution in [2.75, 3.05) is 0 Å². The van der Waals surface area contributed by atoms with Crippen LogP contribution >= 0.6 is 11.6 Å². The van der Waals surface area contributed by atoms with E-state index in [1.165, 1.54) is 24.3 Å². The molecular formula is C13H9ClF2N2O3S. The van der Waals surface area contributed by atoms with Gasteiger partial charge in [0.15, 0.2) is 0 Å². The molecule has 9 heteroatoms. The minimum atomic E-state index is -4.46. The number of rotatable bonds is 4. The van der Waals surface area contributed by atoms with Crippen molar-refractivity contribution in [3.8, 4) is 0 Å². The molecule has 0 spiro atoms. The van der Waals surface area contributed by atoms with Crippen molar-refractivity contribution in [1.29, 1.82) is 0 Å². The van der Waals surface area contributed by atoms with E-state index in [1.807, 2.05) is 5.43 Å². The van der Waals surface area contributed by atoms with E-state index in [0.29, 0.717) is 12.1 Å². The third-order valence-corrected chi connectivity index (χ3v) is 4.07. The lowest BCUT2D eigenvalue weighted by atomic mass is 10.2. The molecule has 2 rings (SSSR count). The zero-order valence-electron chi connectivity index (χ0n) is 10.8. The first-order chi connectivity index (χ1) is 10.3. The minimum Gasteiger partial charge on any atom is -0.273 e. The molecule has 0 aromatic heterocycles. The standard InChI is InChI=1S/C13H9ClF2N2O3S/c14-9-3-1-2-8(6-9)13(19)17-18-22(20,21)12-7-10(15)4-5-11(12)16/h1-7,18H,(H,17,19). The van der Waals surface area contributed by atoms with Crippen molar-refractivity contribution in [3.05, 3.63) is 64.7 Å². The summed E-state index contributed by atoms with van der Waals surface area (Å²) >= 11 is 5.70. The van der Waals surface area contributed by atoms with Crippen LogP contribution in [0.4, 0.5) is 8.78 Å². The average Bonchev–Trinajstić information content (AvgIpc) is 2.47. The van der Waals surface area contributed by atoms with E-state index in [2.05, 4.69) is 0 Å². The Hall–Kier alpha value is -2.03. The Morgan fingerprint density at radius 1 is 1.09 bits per heavy atom. The van der Waals surface area contributed by atoms with Gasteiger partial charge in [-0.25, -0.2) is 17.2 Å². The number of hydrogen-bond acceptors (Lipinski definition) is 3. The van der Waals surface area contributed by atoms with Gasteiger partial charge in [0.1, 0.15) is 16.5 Å². The molecule has 116 valence electrons. The van der Waals surface area contributed by atoms with Gasteiger partial charge in [-0.3, -0.25) is 10.2 Å². The Bertz CT molecular complexity index is 828. The van der Waals surface area contributed by atoms with Gasteiger partial charge in [-0.05, 0) is 36.4 Å². The molecule has 0 saturated carbocycles. The fraction of sp³-hybridized carbons (Fsp3) is 0. The van der Waals surface area contributed by atoms with Crippen molar-refractivity contribution in [2.24, 2.45) is 0 Å². The smallest absolute Gasteiger partial charge is 0.266 e. The maximum absolute atomic E-state index is 13.4. The molecule has 0 heterocycles. The molecule has 0 fully saturated rings. The normalized spacial score (nSPS) is 11.2. The fourth-order valence-electron chi connectivity index (χ4n) is 1.55. The van der Waals surface area contributed by atoms with Crippen LogP contribution in [0.25, 0.3) is 0 Å². The highest BCUT2D eigenvalue weighted by molar-refractivity contribution is 7.89. The van der Waals surface area contributed by atoms with Crippen molar-refractivity contribution in [2.45, 2.75) is 4.90 Å². The van der Waals surface area contributed by atoms with Crippen LogP contribution in [0.5, 0.6) is 0 Å². The van der Waals surface area contributed by atoms with Gasteiger partial charge < -0.3 is 0 Å². The predicted octanol–water partition coefficient (Wildman–Crippen LogP) is 2.24. The summed E-state index contributed by atoms with van der Waals surface area (Å²) in [7, 11) is -4.46. The highest BCUT2D eigenvalue weighted by Crippen LogP contribution is 2.15. The highest BCUT2D eigenvalue weighted by Gasteiger charge is 2.21. The number of carbonyl (C=O) groups is 1. The molecule has 2 aromatic carbocycles. The molecule has 0 aliphatic carbocycles. The molecule has 22 heavy (non-hydrogen) atoms.